The number of hydrogen-bond acceptors (Lipinski definition) is 4. The molecule has 1 rings (SSSR count). The molecular formula is C10H18N2O2S2. The van der Waals surface area contributed by atoms with Crippen molar-refractivity contribution in [2.45, 2.75) is 25.4 Å². The van der Waals surface area contributed by atoms with E-state index in [9.17, 15) is 9.59 Å². The lowest BCUT2D eigenvalue weighted by molar-refractivity contribution is -0.135. The highest BCUT2D eigenvalue weighted by Gasteiger charge is 2.28. The van der Waals surface area contributed by atoms with Gasteiger partial charge in [-0.25, -0.2) is 0 Å². The molecule has 2 atom stereocenters. The van der Waals surface area contributed by atoms with Crippen LogP contribution in [0.25, 0.3) is 0 Å². The molecule has 0 bridgehead atoms. The summed E-state index contributed by atoms with van der Waals surface area (Å²) in [4.78, 5) is 24.7. The number of carbonyl (C=O) groups excluding carboxylic acids is 2. The number of nitrogens with zero attached hydrogens (tertiary/aromatic N) is 1. The molecule has 0 aromatic rings. The Morgan fingerprint density at radius 2 is 2.31 bits per heavy atom. The van der Waals surface area contributed by atoms with Crippen molar-refractivity contribution in [1.82, 2.24) is 10.2 Å². The third-order valence-electron chi connectivity index (χ3n) is 2.66. The van der Waals surface area contributed by atoms with E-state index in [2.05, 4.69) is 17.9 Å². The Morgan fingerprint density at radius 1 is 1.62 bits per heavy atom. The fourth-order valence-corrected chi connectivity index (χ4v) is 3.20. The fraction of sp³-hybridized carbons (Fsp3) is 0.800. The van der Waals surface area contributed by atoms with Crippen molar-refractivity contribution >= 4 is 36.2 Å². The molecule has 1 fully saturated rings. The van der Waals surface area contributed by atoms with E-state index in [1.54, 1.807) is 11.9 Å². The molecule has 1 heterocycles. The first-order chi connectivity index (χ1) is 7.56. The van der Waals surface area contributed by atoms with Gasteiger partial charge >= 0.3 is 0 Å². The van der Waals surface area contributed by atoms with Gasteiger partial charge in [-0.05, 0) is 12.2 Å². The fourth-order valence-electron chi connectivity index (χ4n) is 1.68. The lowest BCUT2D eigenvalue weighted by Gasteiger charge is -2.27. The first kappa shape index (κ1) is 13.7. The van der Waals surface area contributed by atoms with Gasteiger partial charge in [0.25, 0.3) is 0 Å². The minimum atomic E-state index is -0.503. The smallest absolute Gasteiger partial charge is 0.246 e. The van der Waals surface area contributed by atoms with Crippen molar-refractivity contribution in [3.63, 3.8) is 0 Å². The molecule has 0 spiro atoms. The van der Waals surface area contributed by atoms with Gasteiger partial charge in [-0.15, -0.1) is 0 Å². The van der Waals surface area contributed by atoms with Crippen molar-refractivity contribution in [3.8, 4) is 0 Å². The van der Waals surface area contributed by atoms with Crippen molar-refractivity contribution in [3.05, 3.63) is 0 Å². The summed E-state index contributed by atoms with van der Waals surface area (Å²) in [6.45, 7) is 1.41. The van der Waals surface area contributed by atoms with Crippen LogP contribution in [0.4, 0.5) is 0 Å². The van der Waals surface area contributed by atoms with Gasteiger partial charge in [0.15, 0.2) is 0 Å². The van der Waals surface area contributed by atoms with Crippen LogP contribution in [0.5, 0.6) is 0 Å². The standard InChI is InChI=1S/C10H18N2O2S2/c1-7(13)11-9(5-15)10(14)12(2)8-3-4-16-6-8/h8-9,15H,3-6H2,1-2H3,(H,11,13). The number of thiol groups is 1. The minimum absolute atomic E-state index is 0.0438. The summed E-state index contributed by atoms with van der Waals surface area (Å²) in [7, 11) is 1.80. The lowest BCUT2D eigenvalue weighted by Crippen LogP contribution is -2.50. The molecule has 1 N–H and O–H groups in total. The first-order valence-electron chi connectivity index (χ1n) is 5.28. The molecule has 0 aromatic heterocycles. The van der Waals surface area contributed by atoms with Crippen LogP contribution < -0.4 is 5.32 Å². The molecule has 6 heteroatoms. The zero-order chi connectivity index (χ0) is 12.1. The monoisotopic (exact) mass is 262 g/mol. The number of amides is 2. The predicted molar refractivity (Wildman–Crippen MR) is 70.0 cm³/mol. The molecule has 0 radical (unpaired) electrons. The molecular weight excluding hydrogens is 244 g/mol. The topological polar surface area (TPSA) is 49.4 Å². The van der Waals surface area contributed by atoms with E-state index >= 15 is 0 Å². The molecule has 92 valence electrons. The SMILES string of the molecule is CC(=O)NC(CS)C(=O)N(C)C1CCSC1. The maximum Gasteiger partial charge on any atom is 0.246 e. The molecule has 2 unspecified atom stereocenters. The third kappa shape index (κ3) is 3.59. The van der Waals surface area contributed by atoms with Crippen molar-refractivity contribution < 1.29 is 9.59 Å². The Hall–Kier alpha value is -0.360. The van der Waals surface area contributed by atoms with Gasteiger partial charge in [0.1, 0.15) is 6.04 Å². The van der Waals surface area contributed by atoms with Gasteiger partial charge < -0.3 is 10.2 Å². The largest absolute Gasteiger partial charge is 0.344 e. The highest BCUT2D eigenvalue weighted by Crippen LogP contribution is 2.21. The molecule has 0 aromatic carbocycles. The second-order valence-electron chi connectivity index (χ2n) is 3.90. The van der Waals surface area contributed by atoms with Gasteiger partial charge in [0, 0.05) is 31.5 Å². The zero-order valence-electron chi connectivity index (χ0n) is 9.60. The quantitative estimate of drug-likeness (QED) is 0.720. The summed E-state index contributed by atoms with van der Waals surface area (Å²) in [5.74, 6) is 2.19. The summed E-state index contributed by atoms with van der Waals surface area (Å²) in [6.07, 6.45) is 1.03. The van der Waals surface area contributed by atoms with Gasteiger partial charge in [0.2, 0.25) is 11.8 Å². The van der Waals surface area contributed by atoms with Crippen molar-refractivity contribution in [2.75, 3.05) is 24.3 Å². The lowest BCUT2D eigenvalue weighted by atomic mass is 10.2. The molecule has 0 saturated carbocycles. The molecule has 1 aliphatic rings. The summed E-state index contributed by atoms with van der Waals surface area (Å²) in [5, 5.41) is 2.62. The molecule has 4 nitrogen and oxygen atoms in total. The van der Waals surface area contributed by atoms with Crippen LogP contribution in [0, 0.1) is 0 Å². The van der Waals surface area contributed by atoms with Crippen LogP contribution in [-0.4, -0.2) is 53.1 Å². The van der Waals surface area contributed by atoms with Crippen LogP contribution >= 0.6 is 24.4 Å². The molecule has 16 heavy (non-hydrogen) atoms. The maximum atomic E-state index is 12.0. The van der Waals surface area contributed by atoms with Crippen LogP contribution in [-0.2, 0) is 9.59 Å². The Bertz CT molecular complexity index is 268. The second-order valence-corrected chi connectivity index (χ2v) is 5.42. The number of likely N-dealkylation sites (N-methyl/N-ethyl adjacent to an activating group) is 1. The molecule has 1 aliphatic heterocycles. The van der Waals surface area contributed by atoms with Gasteiger partial charge in [-0.2, -0.15) is 24.4 Å². The Labute approximate surface area is 106 Å². The minimum Gasteiger partial charge on any atom is -0.344 e. The maximum absolute atomic E-state index is 12.0. The normalized spacial score (nSPS) is 21.6. The average Bonchev–Trinajstić information content (AvgIpc) is 2.76. The summed E-state index contributed by atoms with van der Waals surface area (Å²) < 4.78 is 0. The summed E-state index contributed by atoms with van der Waals surface area (Å²) in [6, 6.07) is -0.204. The summed E-state index contributed by atoms with van der Waals surface area (Å²) >= 11 is 5.96. The Kier molecular flexibility index (Phi) is 5.48. The number of thioether (sulfide) groups is 1. The summed E-state index contributed by atoms with van der Waals surface area (Å²) in [5.41, 5.74) is 0. The predicted octanol–water partition coefficient (Wildman–Crippen LogP) is 0.385. The number of carbonyl (C=O) groups is 2. The van der Waals surface area contributed by atoms with Gasteiger partial charge in [-0.1, -0.05) is 0 Å². The van der Waals surface area contributed by atoms with E-state index in [1.807, 2.05) is 11.8 Å². The van der Waals surface area contributed by atoms with E-state index in [0.717, 1.165) is 17.9 Å². The Morgan fingerprint density at radius 3 is 2.75 bits per heavy atom. The molecule has 1 saturated heterocycles. The van der Waals surface area contributed by atoms with Crippen LogP contribution in [0.2, 0.25) is 0 Å². The van der Waals surface area contributed by atoms with E-state index in [0.29, 0.717) is 11.8 Å². The average molecular weight is 262 g/mol. The van der Waals surface area contributed by atoms with Crippen LogP contribution in [0.1, 0.15) is 13.3 Å². The highest BCUT2D eigenvalue weighted by molar-refractivity contribution is 7.99. The first-order valence-corrected chi connectivity index (χ1v) is 7.07. The van der Waals surface area contributed by atoms with Gasteiger partial charge in [0.05, 0.1) is 0 Å². The van der Waals surface area contributed by atoms with Crippen molar-refractivity contribution in [2.24, 2.45) is 0 Å². The van der Waals surface area contributed by atoms with Crippen LogP contribution in [0.15, 0.2) is 0 Å². The van der Waals surface area contributed by atoms with E-state index in [1.165, 1.54) is 6.92 Å². The number of nitrogens with one attached hydrogen (secondary N) is 1. The van der Waals surface area contributed by atoms with E-state index < -0.39 is 6.04 Å². The van der Waals surface area contributed by atoms with Gasteiger partial charge in [-0.3, -0.25) is 9.59 Å². The molecule has 0 aliphatic carbocycles. The zero-order valence-corrected chi connectivity index (χ0v) is 11.3. The Balaban J connectivity index is 2.55. The third-order valence-corrected chi connectivity index (χ3v) is 4.17. The number of rotatable bonds is 4. The second kappa shape index (κ2) is 6.39. The highest BCUT2D eigenvalue weighted by atomic mass is 32.2. The van der Waals surface area contributed by atoms with E-state index in [-0.39, 0.29) is 11.8 Å². The molecule has 2 amide bonds. The van der Waals surface area contributed by atoms with Crippen molar-refractivity contribution in [1.29, 1.82) is 0 Å². The number of hydrogen-bond donors (Lipinski definition) is 2. The van der Waals surface area contributed by atoms with Crippen LogP contribution in [0.3, 0.4) is 0 Å². The van der Waals surface area contributed by atoms with E-state index in [4.69, 9.17) is 0 Å².